The summed E-state index contributed by atoms with van der Waals surface area (Å²) in [5.41, 5.74) is 1.56. The molecule has 2 N–H and O–H groups in total. The molecule has 3 rings (SSSR count). The number of carbonyl (C=O) groups excluding carboxylic acids is 1. The Kier molecular flexibility index (Phi) is 6.79. The highest BCUT2D eigenvalue weighted by Crippen LogP contribution is 2.24. The molecule has 1 fully saturated rings. The lowest BCUT2D eigenvalue weighted by Gasteiger charge is -2.22. The van der Waals surface area contributed by atoms with Crippen molar-refractivity contribution in [3.63, 3.8) is 0 Å². The van der Waals surface area contributed by atoms with Gasteiger partial charge in [-0.3, -0.25) is 9.52 Å². The highest BCUT2D eigenvalue weighted by molar-refractivity contribution is 7.92. The van der Waals surface area contributed by atoms with Crippen molar-refractivity contribution in [2.75, 3.05) is 18.4 Å². The molecule has 29 heavy (non-hydrogen) atoms. The predicted molar refractivity (Wildman–Crippen MR) is 114 cm³/mol. The molecule has 0 aliphatic heterocycles. The summed E-state index contributed by atoms with van der Waals surface area (Å²) in [5.74, 6) is 0.923. The van der Waals surface area contributed by atoms with Crippen LogP contribution < -0.4 is 14.8 Å². The molecule has 6 nitrogen and oxygen atoms in total. The maximum Gasteiger partial charge on any atom is 0.261 e. The molecule has 0 atom stereocenters. The second kappa shape index (κ2) is 9.31. The Bertz CT molecular complexity index is 949. The first kappa shape index (κ1) is 21.2. The number of amides is 1. The van der Waals surface area contributed by atoms with E-state index in [-0.39, 0.29) is 10.8 Å². The largest absolute Gasteiger partial charge is 0.497 e. The van der Waals surface area contributed by atoms with Crippen molar-refractivity contribution in [2.45, 2.75) is 43.9 Å². The van der Waals surface area contributed by atoms with E-state index in [1.54, 1.807) is 37.4 Å². The van der Waals surface area contributed by atoms with Crippen LogP contribution in [0, 0.1) is 12.8 Å². The second-order valence-corrected chi connectivity index (χ2v) is 9.21. The first-order valence-electron chi connectivity index (χ1n) is 9.95. The van der Waals surface area contributed by atoms with E-state index in [9.17, 15) is 13.2 Å². The highest BCUT2D eigenvalue weighted by Gasteiger charge is 2.20. The lowest BCUT2D eigenvalue weighted by molar-refractivity contribution is 0.0942. The summed E-state index contributed by atoms with van der Waals surface area (Å²) in [7, 11) is -2.26. The minimum absolute atomic E-state index is 0.0572. The van der Waals surface area contributed by atoms with Crippen LogP contribution in [0.1, 0.15) is 48.0 Å². The van der Waals surface area contributed by atoms with Crippen LogP contribution in [0.5, 0.6) is 5.75 Å². The van der Waals surface area contributed by atoms with E-state index >= 15 is 0 Å². The lowest BCUT2D eigenvalue weighted by Crippen LogP contribution is -2.31. The van der Waals surface area contributed by atoms with Crippen molar-refractivity contribution >= 4 is 21.6 Å². The average Bonchev–Trinajstić information content (AvgIpc) is 2.73. The number of sulfonamides is 1. The number of anilines is 1. The van der Waals surface area contributed by atoms with E-state index < -0.39 is 10.0 Å². The third kappa shape index (κ3) is 5.50. The molecule has 2 aromatic carbocycles. The number of rotatable bonds is 7. The molecule has 0 radical (unpaired) electrons. The minimum atomic E-state index is -3.81. The van der Waals surface area contributed by atoms with E-state index in [0.29, 0.717) is 29.5 Å². The van der Waals surface area contributed by atoms with Crippen LogP contribution in [0.3, 0.4) is 0 Å². The van der Waals surface area contributed by atoms with Gasteiger partial charge in [-0.25, -0.2) is 8.42 Å². The van der Waals surface area contributed by atoms with Crippen LogP contribution in [0.15, 0.2) is 47.4 Å². The third-order valence-corrected chi connectivity index (χ3v) is 6.76. The van der Waals surface area contributed by atoms with Gasteiger partial charge in [0.2, 0.25) is 0 Å². The van der Waals surface area contributed by atoms with Gasteiger partial charge in [0, 0.05) is 17.8 Å². The van der Waals surface area contributed by atoms with E-state index in [2.05, 4.69) is 10.0 Å². The van der Waals surface area contributed by atoms with Crippen molar-refractivity contribution < 1.29 is 17.9 Å². The molecule has 2 aromatic rings. The van der Waals surface area contributed by atoms with Gasteiger partial charge in [0.05, 0.1) is 12.0 Å². The fourth-order valence-electron chi connectivity index (χ4n) is 3.61. The van der Waals surface area contributed by atoms with Crippen LogP contribution in [0.2, 0.25) is 0 Å². The summed E-state index contributed by atoms with van der Waals surface area (Å²) in [6, 6.07) is 11.2. The molecular weight excluding hydrogens is 388 g/mol. The van der Waals surface area contributed by atoms with Crippen molar-refractivity contribution in [3.05, 3.63) is 53.6 Å². The monoisotopic (exact) mass is 416 g/mol. The number of methoxy groups -OCH3 is 1. The van der Waals surface area contributed by atoms with Crippen molar-refractivity contribution in [2.24, 2.45) is 5.92 Å². The van der Waals surface area contributed by atoms with Crippen molar-refractivity contribution in [3.8, 4) is 5.75 Å². The molecule has 0 bridgehead atoms. The zero-order valence-electron chi connectivity index (χ0n) is 16.9. The van der Waals surface area contributed by atoms with Gasteiger partial charge in [-0.05, 0) is 67.6 Å². The number of hydrogen-bond acceptors (Lipinski definition) is 4. The Morgan fingerprint density at radius 2 is 1.76 bits per heavy atom. The Balaban J connectivity index is 1.73. The summed E-state index contributed by atoms with van der Waals surface area (Å²) >= 11 is 0. The molecule has 0 heterocycles. The summed E-state index contributed by atoms with van der Waals surface area (Å²) in [6.45, 7) is 2.45. The zero-order valence-corrected chi connectivity index (χ0v) is 17.7. The lowest BCUT2D eigenvalue weighted by atomic mass is 9.89. The van der Waals surface area contributed by atoms with Gasteiger partial charge in [0.1, 0.15) is 5.75 Å². The molecule has 1 aliphatic carbocycles. The van der Waals surface area contributed by atoms with E-state index in [0.717, 1.165) is 18.4 Å². The minimum Gasteiger partial charge on any atom is -0.497 e. The Hall–Kier alpha value is -2.54. The normalized spacial score (nSPS) is 15.0. The molecule has 0 saturated heterocycles. The van der Waals surface area contributed by atoms with Crippen LogP contribution >= 0.6 is 0 Å². The maximum absolute atomic E-state index is 12.8. The average molecular weight is 417 g/mol. The van der Waals surface area contributed by atoms with Gasteiger partial charge in [0.15, 0.2) is 0 Å². The van der Waals surface area contributed by atoms with E-state index in [1.807, 2.05) is 6.92 Å². The summed E-state index contributed by atoms with van der Waals surface area (Å²) in [6.07, 6.45) is 5.97. The van der Waals surface area contributed by atoms with Crippen LogP contribution in [0.4, 0.5) is 5.69 Å². The molecule has 1 aliphatic rings. The summed E-state index contributed by atoms with van der Waals surface area (Å²) < 4.78 is 33.2. The summed E-state index contributed by atoms with van der Waals surface area (Å²) in [4.78, 5) is 12.7. The van der Waals surface area contributed by atoms with Gasteiger partial charge in [-0.2, -0.15) is 0 Å². The highest BCUT2D eigenvalue weighted by atomic mass is 32.2. The van der Waals surface area contributed by atoms with Crippen LogP contribution in [0.25, 0.3) is 0 Å². The molecule has 1 saturated carbocycles. The topological polar surface area (TPSA) is 84.5 Å². The Morgan fingerprint density at radius 3 is 2.41 bits per heavy atom. The first-order chi connectivity index (χ1) is 13.9. The summed E-state index contributed by atoms with van der Waals surface area (Å²) in [5, 5.41) is 2.98. The van der Waals surface area contributed by atoms with E-state index in [4.69, 9.17) is 4.74 Å². The quantitative estimate of drug-likeness (QED) is 0.711. The molecule has 0 unspecified atom stereocenters. The number of hydrogen-bond donors (Lipinski definition) is 2. The molecule has 0 aromatic heterocycles. The molecule has 7 heteroatoms. The third-order valence-electron chi connectivity index (χ3n) is 5.38. The molecule has 0 spiro atoms. The zero-order chi connectivity index (χ0) is 20.9. The smallest absolute Gasteiger partial charge is 0.261 e. The van der Waals surface area contributed by atoms with Crippen molar-refractivity contribution in [1.29, 1.82) is 0 Å². The number of aryl methyl sites for hydroxylation is 1. The first-order valence-corrected chi connectivity index (χ1v) is 11.4. The van der Waals surface area contributed by atoms with Crippen molar-refractivity contribution in [1.82, 2.24) is 5.32 Å². The number of benzene rings is 2. The molecule has 156 valence electrons. The van der Waals surface area contributed by atoms with Gasteiger partial charge in [0.25, 0.3) is 15.9 Å². The second-order valence-electron chi connectivity index (χ2n) is 7.52. The number of ether oxygens (including phenoxy) is 1. The standard InChI is InChI=1S/C22H28N2O4S/c1-16-8-13-20(29(26,27)24-18-9-11-19(28-2)12-10-18)14-21(16)22(25)23-15-17-6-4-3-5-7-17/h8-14,17,24H,3-7,15H2,1-2H3,(H,23,25). The van der Waals surface area contributed by atoms with Crippen LogP contribution in [-0.2, 0) is 10.0 Å². The Morgan fingerprint density at radius 1 is 1.07 bits per heavy atom. The van der Waals surface area contributed by atoms with E-state index in [1.165, 1.54) is 31.4 Å². The SMILES string of the molecule is COc1ccc(NS(=O)(=O)c2ccc(C)c(C(=O)NCC3CCCCC3)c2)cc1. The molecule has 1 amide bonds. The predicted octanol–water partition coefficient (Wildman–Crippen LogP) is 4.11. The maximum atomic E-state index is 12.8. The fraction of sp³-hybridized carbons (Fsp3) is 0.409. The van der Waals surface area contributed by atoms with Gasteiger partial charge in [-0.1, -0.05) is 25.3 Å². The number of carbonyl (C=O) groups is 1. The van der Waals surface area contributed by atoms with Gasteiger partial charge < -0.3 is 10.1 Å². The number of nitrogens with one attached hydrogen (secondary N) is 2. The fourth-order valence-corrected chi connectivity index (χ4v) is 4.69. The Labute approximate surface area is 172 Å². The van der Waals surface area contributed by atoms with Gasteiger partial charge in [-0.15, -0.1) is 0 Å². The van der Waals surface area contributed by atoms with Gasteiger partial charge >= 0.3 is 0 Å². The van der Waals surface area contributed by atoms with Crippen LogP contribution in [-0.4, -0.2) is 28.0 Å². The molecular formula is C22H28N2O4S.